The van der Waals surface area contributed by atoms with Crippen LogP contribution < -0.4 is 5.73 Å². The Morgan fingerprint density at radius 3 is 2.45 bits per heavy atom. The van der Waals surface area contributed by atoms with Gasteiger partial charge in [-0.25, -0.2) is 4.57 Å². The first-order valence-corrected chi connectivity index (χ1v) is 9.32. The number of ether oxygens (including phenoxy) is 2. The van der Waals surface area contributed by atoms with Crippen molar-refractivity contribution in [1.29, 1.82) is 0 Å². The van der Waals surface area contributed by atoms with Crippen LogP contribution >= 0.6 is 7.82 Å². The van der Waals surface area contributed by atoms with Crippen molar-refractivity contribution < 1.29 is 28.0 Å². The van der Waals surface area contributed by atoms with Gasteiger partial charge < -0.3 is 20.1 Å². The van der Waals surface area contributed by atoms with Crippen LogP contribution in [0.2, 0.25) is 0 Å². The highest BCUT2D eigenvalue weighted by Crippen LogP contribution is 2.57. The minimum absolute atomic E-state index is 0.0146. The Kier molecular flexibility index (Phi) is 5.40. The summed E-state index contributed by atoms with van der Waals surface area (Å²) in [7, 11) is -4.18. The van der Waals surface area contributed by atoms with Crippen molar-refractivity contribution in [2.24, 2.45) is 5.73 Å². The Labute approximate surface area is 132 Å². The summed E-state index contributed by atoms with van der Waals surface area (Å²) in [5.41, 5.74) is 5.24. The van der Waals surface area contributed by atoms with Gasteiger partial charge in [-0.3, -0.25) is 9.05 Å². The molecule has 0 aromatic heterocycles. The lowest BCUT2D eigenvalue weighted by Gasteiger charge is -2.31. The molecule has 22 heavy (non-hydrogen) atoms. The van der Waals surface area contributed by atoms with Gasteiger partial charge in [0.25, 0.3) is 0 Å². The highest BCUT2D eigenvalue weighted by atomic mass is 31.2. The molecule has 7 nitrogen and oxygen atoms in total. The van der Waals surface area contributed by atoms with Crippen molar-refractivity contribution in [2.75, 3.05) is 0 Å². The molecule has 2 fully saturated rings. The van der Waals surface area contributed by atoms with Crippen LogP contribution in [0.25, 0.3) is 0 Å². The summed E-state index contributed by atoms with van der Waals surface area (Å²) >= 11 is 0. The van der Waals surface area contributed by atoms with E-state index in [0.29, 0.717) is 12.8 Å². The van der Waals surface area contributed by atoms with Gasteiger partial charge in [-0.1, -0.05) is 0 Å². The van der Waals surface area contributed by atoms with Gasteiger partial charge in [0.05, 0.1) is 18.3 Å². The fraction of sp³-hybridized carbons (Fsp3) is 1.00. The summed E-state index contributed by atoms with van der Waals surface area (Å²) in [6.45, 7) is 9.11. The van der Waals surface area contributed by atoms with Crippen molar-refractivity contribution in [2.45, 2.75) is 89.6 Å². The third-order valence-electron chi connectivity index (χ3n) is 3.90. The smallest absolute Gasteiger partial charge is 0.371 e. The number of phosphoric acid groups is 1. The lowest BCUT2D eigenvalue weighted by atomic mass is 9.96. The van der Waals surface area contributed by atoms with Crippen LogP contribution in [0.15, 0.2) is 0 Å². The van der Waals surface area contributed by atoms with Crippen molar-refractivity contribution >= 4 is 7.82 Å². The summed E-state index contributed by atoms with van der Waals surface area (Å²) in [5, 5.41) is 0. The lowest BCUT2D eigenvalue weighted by molar-refractivity contribution is -0.108. The van der Waals surface area contributed by atoms with E-state index in [0.717, 1.165) is 0 Å². The predicted octanol–water partition coefficient (Wildman–Crippen LogP) is 1.97. The van der Waals surface area contributed by atoms with Crippen molar-refractivity contribution in [3.05, 3.63) is 0 Å². The van der Waals surface area contributed by atoms with Crippen molar-refractivity contribution in [3.63, 3.8) is 0 Å². The third kappa shape index (κ3) is 3.90. The first kappa shape index (κ1) is 18.3. The molecule has 3 N–H and O–H groups in total. The van der Waals surface area contributed by atoms with Crippen LogP contribution in [0, 0.1) is 0 Å². The largest absolute Gasteiger partial charge is 0.473 e. The molecule has 0 spiro atoms. The highest BCUT2D eigenvalue weighted by Gasteiger charge is 2.62. The fourth-order valence-electron chi connectivity index (χ4n) is 3.47. The van der Waals surface area contributed by atoms with Crippen LogP contribution in [0.3, 0.4) is 0 Å². The maximum Gasteiger partial charge on any atom is 0.473 e. The number of rotatable bonds is 6. The second-order valence-corrected chi connectivity index (χ2v) is 8.20. The number of fused-ring (bicyclic) bond motifs is 1. The Morgan fingerprint density at radius 2 is 1.91 bits per heavy atom. The van der Waals surface area contributed by atoms with Gasteiger partial charge >= 0.3 is 7.82 Å². The number of hydrogen-bond donors (Lipinski definition) is 2. The Morgan fingerprint density at radius 1 is 1.27 bits per heavy atom. The molecule has 0 aromatic rings. The fourth-order valence-corrected chi connectivity index (χ4v) is 4.76. The first-order valence-electron chi connectivity index (χ1n) is 7.83. The molecular formula is C14H28NO6P. The molecule has 1 aliphatic heterocycles. The van der Waals surface area contributed by atoms with Gasteiger partial charge in [-0.15, -0.1) is 0 Å². The second-order valence-electron chi connectivity index (χ2n) is 6.87. The molecule has 8 heteroatoms. The number of phosphoric ester groups is 1. The summed E-state index contributed by atoms with van der Waals surface area (Å²) in [4.78, 5) is 10.0. The Balaban J connectivity index is 2.21. The van der Waals surface area contributed by atoms with Crippen LogP contribution in [0.1, 0.15) is 47.5 Å². The molecule has 0 bridgehead atoms. The van der Waals surface area contributed by atoms with Crippen molar-refractivity contribution in [3.8, 4) is 0 Å². The summed E-state index contributed by atoms with van der Waals surface area (Å²) in [5.74, 6) is 0. The standard InChI is InChI=1S/C14H28NO6P/c1-8(2)18-12-11(15)7-14(6-10(5)19-13(12)14)21-22(16,17)20-9(3)4/h8-13H,6-7,15H2,1-5H3,(H,16,17)/t10-,11+,12+,13?,14?/m0/s1. The zero-order valence-corrected chi connectivity index (χ0v) is 14.8. The molecule has 3 unspecified atom stereocenters. The summed E-state index contributed by atoms with van der Waals surface area (Å²) in [6.07, 6.45) is -0.432. The van der Waals surface area contributed by atoms with E-state index >= 15 is 0 Å². The molecule has 0 amide bonds. The van der Waals surface area contributed by atoms with Crippen LogP contribution in [0.5, 0.6) is 0 Å². The monoisotopic (exact) mass is 337 g/mol. The van der Waals surface area contributed by atoms with E-state index in [2.05, 4.69) is 0 Å². The van der Waals surface area contributed by atoms with E-state index in [1.165, 1.54) is 0 Å². The average Bonchev–Trinajstić information content (AvgIpc) is 2.68. The number of nitrogens with two attached hydrogens (primary N) is 1. The van der Waals surface area contributed by atoms with Crippen LogP contribution in [0.4, 0.5) is 0 Å². The van der Waals surface area contributed by atoms with Gasteiger partial charge in [0, 0.05) is 12.5 Å². The molecular weight excluding hydrogens is 309 g/mol. The maximum absolute atomic E-state index is 12.2. The molecule has 1 saturated heterocycles. The quantitative estimate of drug-likeness (QED) is 0.715. The maximum atomic E-state index is 12.2. The molecule has 0 aromatic carbocycles. The number of hydrogen-bond acceptors (Lipinski definition) is 6. The molecule has 2 aliphatic rings. The normalized spacial score (nSPS) is 41.1. The predicted molar refractivity (Wildman–Crippen MR) is 81.4 cm³/mol. The van der Waals surface area contributed by atoms with E-state index in [-0.39, 0.29) is 24.4 Å². The van der Waals surface area contributed by atoms with Gasteiger partial charge in [0.15, 0.2) is 0 Å². The Bertz CT molecular complexity index is 445. The molecule has 0 radical (unpaired) electrons. The minimum atomic E-state index is -4.18. The molecule has 2 rings (SSSR count). The van der Waals surface area contributed by atoms with E-state index < -0.39 is 25.6 Å². The van der Waals surface area contributed by atoms with E-state index in [1.807, 2.05) is 20.8 Å². The zero-order chi connectivity index (χ0) is 16.7. The molecule has 130 valence electrons. The second kappa shape index (κ2) is 6.48. The van der Waals surface area contributed by atoms with E-state index in [9.17, 15) is 9.46 Å². The lowest BCUT2D eigenvalue weighted by Crippen LogP contribution is -2.43. The highest BCUT2D eigenvalue weighted by molar-refractivity contribution is 7.47. The molecule has 1 aliphatic carbocycles. The van der Waals surface area contributed by atoms with Gasteiger partial charge in [0.2, 0.25) is 0 Å². The summed E-state index contributed by atoms with van der Waals surface area (Å²) in [6, 6.07) is -0.307. The van der Waals surface area contributed by atoms with E-state index in [1.54, 1.807) is 13.8 Å². The van der Waals surface area contributed by atoms with Gasteiger partial charge in [-0.05, 0) is 41.0 Å². The molecule has 1 saturated carbocycles. The van der Waals surface area contributed by atoms with Crippen molar-refractivity contribution in [1.82, 2.24) is 0 Å². The third-order valence-corrected chi connectivity index (χ3v) is 5.18. The Hall–Kier alpha value is -0.0100. The molecule has 1 heterocycles. The van der Waals surface area contributed by atoms with Gasteiger partial charge in [-0.2, -0.15) is 0 Å². The summed E-state index contributed by atoms with van der Waals surface area (Å²) < 4.78 is 34.6. The average molecular weight is 337 g/mol. The first-order chi connectivity index (χ1) is 10.0. The van der Waals surface area contributed by atoms with E-state index in [4.69, 9.17) is 24.3 Å². The van der Waals surface area contributed by atoms with Gasteiger partial charge in [0.1, 0.15) is 17.8 Å². The molecule has 6 atom stereocenters. The zero-order valence-electron chi connectivity index (χ0n) is 13.9. The van der Waals surface area contributed by atoms with Crippen LogP contribution in [-0.2, 0) is 23.1 Å². The minimum Gasteiger partial charge on any atom is -0.371 e. The topological polar surface area (TPSA) is 100 Å². The SMILES string of the molecule is CC(C)O[C@H]1C2O[C@@H](C)CC2(OP(=O)(O)OC(C)C)C[C@H]1N. The van der Waals surface area contributed by atoms with Crippen LogP contribution in [-0.4, -0.2) is 47.1 Å².